The lowest BCUT2D eigenvalue weighted by Crippen LogP contribution is -1.95. The third-order valence-electron chi connectivity index (χ3n) is 2.22. The van der Waals surface area contributed by atoms with E-state index in [0.29, 0.717) is 16.6 Å². The van der Waals surface area contributed by atoms with Crippen LogP contribution in [0.25, 0.3) is 0 Å². The summed E-state index contributed by atoms with van der Waals surface area (Å²) in [5.74, 6) is 1.09. The second-order valence-electron chi connectivity index (χ2n) is 3.44. The van der Waals surface area contributed by atoms with Gasteiger partial charge in [-0.3, -0.25) is 0 Å². The van der Waals surface area contributed by atoms with E-state index >= 15 is 0 Å². The number of hydrogen-bond donors (Lipinski definition) is 2. The van der Waals surface area contributed by atoms with Crippen LogP contribution in [-0.4, -0.2) is 12.1 Å². The first-order chi connectivity index (χ1) is 8.19. The SMILES string of the molecule is COc1cc(Nc2ccnc(N)c2)ccc1Cl. The van der Waals surface area contributed by atoms with Crippen LogP contribution < -0.4 is 15.8 Å². The number of hydrogen-bond acceptors (Lipinski definition) is 4. The summed E-state index contributed by atoms with van der Waals surface area (Å²) in [5, 5.41) is 3.76. The van der Waals surface area contributed by atoms with Crippen LogP contribution in [0.1, 0.15) is 0 Å². The molecule has 0 saturated heterocycles. The summed E-state index contributed by atoms with van der Waals surface area (Å²) >= 11 is 5.94. The van der Waals surface area contributed by atoms with Gasteiger partial charge in [0.25, 0.3) is 0 Å². The van der Waals surface area contributed by atoms with E-state index in [-0.39, 0.29) is 0 Å². The van der Waals surface area contributed by atoms with Crippen LogP contribution in [0.15, 0.2) is 36.5 Å². The highest BCUT2D eigenvalue weighted by atomic mass is 35.5. The van der Waals surface area contributed by atoms with Crippen molar-refractivity contribution in [2.24, 2.45) is 0 Å². The number of pyridine rings is 1. The maximum Gasteiger partial charge on any atom is 0.139 e. The standard InChI is InChI=1S/C12H12ClN3O/c1-17-11-6-8(2-3-10(11)13)16-9-4-5-15-12(14)7-9/h2-7H,1H3,(H3,14,15,16). The van der Waals surface area contributed by atoms with Crippen molar-refractivity contribution in [2.45, 2.75) is 0 Å². The zero-order valence-corrected chi connectivity index (χ0v) is 10.0. The molecule has 0 radical (unpaired) electrons. The minimum atomic E-state index is 0.468. The number of aromatic nitrogens is 1. The second-order valence-corrected chi connectivity index (χ2v) is 3.85. The zero-order chi connectivity index (χ0) is 12.3. The summed E-state index contributed by atoms with van der Waals surface area (Å²) < 4.78 is 5.14. The Kier molecular flexibility index (Phi) is 3.35. The molecular weight excluding hydrogens is 238 g/mol. The van der Waals surface area contributed by atoms with Crippen molar-refractivity contribution in [1.82, 2.24) is 4.98 Å². The van der Waals surface area contributed by atoms with Crippen molar-refractivity contribution < 1.29 is 4.74 Å². The molecule has 0 aliphatic rings. The Balaban J connectivity index is 2.24. The van der Waals surface area contributed by atoms with Crippen LogP contribution in [0.5, 0.6) is 5.75 Å². The van der Waals surface area contributed by atoms with Crippen molar-refractivity contribution in [3.05, 3.63) is 41.6 Å². The molecular formula is C12H12ClN3O. The first kappa shape index (κ1) is 11.5. The molecule has 0 atom stereocenters. The highest BCUT2D eigenvalue weighted by Crippen LogP contribution is 2.29. The Morgan fingerprint density at radius 2 is 2.00 bits per heavy atom. The molecule has 0 fully saturated rings. The first-order valence-corrected chi connectivity index (χ1v) is 5.39. The normalized spacial score (nSPS) is 10.0. The molecule has 17 heavy (non-hydrogen) atoms. The number of rotatable bonds is 3. The maximum atomic E-state index is 5.94. The molecule has 0 spiro atoms. The minimum absolute atomic E-state index is 0.468. The largest absolute Gasteiger partial charge is 0.495 e. The number of nitrogens with two attached hydrogens (primary N) is 1. The second kappa shape index (κ2) is 4.93. The Morgan fingerprint density at radius 1 is 1.24 bits per heavy atom. The number of anilines is 3. The van der Waals surface area contributed by atoms with Crippen molar-refractivity contribution >= 4 is 28.8 Å². The smallest absolute Gasteiger partial charge is 0.139 e. The fraction of sp³-hybridized carbons (Fsp3) is 0.0833. The van der Waals surface area contributed by atoms with Crippen LogP contribution in [0.3, 0.4) is 0 Å². The van der Waals surface area contributed by atoms with E-state index in [1.807, 2.05) is 18.2 Å². The summed E-state index contributed by atoms with van der Waals surface area (Å²) in [6.07, 6.45) is 1.64. The summed E-state index contributed by atoms with van der Waals surface area (Å²) in [5.41, 5.74) is 7.33. The maximum absolute atomic E-state index is 5.94. The van der Waals surface area contributed by atoms with Crippen molar-refractivity contribution in [3.63, 3.8) is 0 Å². The molecule has 4 nitrogen and oxygen atoms in total. The molecule has 5 heteroatoms. The number of nitrogens with one attached hydrogen (secondary N) is 1. The molecule has 0 aliphatic heterocycles. The molecule has 1 aromatic carbocycles. The van der Waals surface area contributed by atoms with Gasteiger partial charge in [-0.15, -0.1) is 0 Å². The number of nitrogen functional groups attached to an aromatic ring is 1. The molecule has 88 valence electrons. The molecule has 0 saturated carbocycles. The van der Waals surface area contributed by atoms with Gasteiger partial charge >= 0.3 is 0 Å². The lowest BCUT2D eigenvalue weighted by Gasteiger charge is -2.09. The van der Waals surface area contributed by atoms with Gasteiger partial charge in [0.15, 0.2) is 0 Å². The van der Waals surface area contributed by atoms with Gasteiger partial charge in [0.05, 0.1) is 12.1 Å². The fourth-order valence-corrected chi connectivity index (χ4v) is 1.63. The van der Waals surface area contributed by atoms with E-state index in [9.17, 15) is 0 Å². The lowest BCUT2D eigenvalue weighted by molar-refractivity contribution is 0.415. The molecule has 2 aromatic rings. The van der Waals surface area contributed by atoms with Crippen molar-refractivity contribution in [2.75, 3.05) is 18.2 Å². The third kappa shape index (κ3) is 2.79. The highest BCUT2D eigenvalue weighted by molar-refractivity contribution is 6.32. The van der Waals surface area contributed by atoms with Crippen LogP contribution in [-0.2, 0) is 0 Å². The lowest BCUT2D eigenvalue weighted by atomic mass is 10.3. The number of methoxy groups -OCH3 is 1. The molecule has 0 aliphatic carbocycles. The van der Waals surface area contributed by atoms with Gasteiger partial charge in [-0.25, -0.2) is 4.98 Å². The molecule has 3 N–H and O–H groups in total. The monoisotopic (exact) mass is 249 g/mol. The van der Waals surface area contributed by atoms with Gasteiger partial charge in [-0.2, -0.15) is 0 Å². The van der Waals surface area contributed by atoms with Gasteiger partial charge in [-0.05, 0) is 18.2 Å². The van der Waals surface area contributed by atoms with E-state index in [0.717, 1.165) is 11.4 Å². The summed E-state index contributed by atoms with van der Waals surface area (Å²) in [4.78, 5) is 3.92. The number of ether oxygens (including phenoxy) is 1. The molecule has 0 amide bonds. The van der Waals surface area contributed by atoms with Gasteiger partial charge in [0.1, 0.15) is 11.6 Å². The average Bonchev–Trinajstić information content (AvgIpc) is 2.32. The van der Waals surface area contributed by atoms with E-state index < -0.39 is 0 Å². The number of nitrogens with zero attached hydrogens (tertiary/aromatic N) is 1. The Bertz CT molecular complexity index is 531. The molecule has 1 aromatic heterocycles. The first-order valence-electron chi connectivity index (χ1n) is 5.01. The molecule has 0 bridgehead atoms. The van der Waals surface area contributed by atoms with E-state index in [1.54, 1.807) is 25.4 Å². The van der Waals surface area contributed by atoms with Crippen LogP contribution in [0.4, 0.5) is 17.2 Å². The Morgan fingerprint density at radius 3 is 2.71 bits per heavy atom. The topological polar surface area (TPSA) is 60.2 Å². The highest BCUT2D eigenvalue weighted by Gasteiger charge is 2.02. The molecule has 1 heterocycles. The average molecular weight is 250 g/mol. The van der Waals surface area contributed by atoms with Gasteiger partial charge in [0, 0.05) is 29.7 Å². The summed E-state index contributed by atoms with van der Waals surface area (Å²) in [6.45, 7) is 0. The van der Waals surface area contributed by atoms with Crippen LogP contribution in [0, 0.1) is 0 Å². The predicted molar refractivity (Wildman–Crippen MR) is 69.9 cm³/mol. The zero-order valence-electron chi connectivity index (χ0n) is 9.27. The molecule has 0 unspecified atom stereocenters. The fourth-order valence-electron chi connectivity index (χ4n) is 1.43. The summed E-state index contributed by atoms with van der Waals surface area (Å²) in [7, 11) is 1.58. The predicted octanol–water partition coefficient (Wildman–Crippen LogP) is 3.07. The Labute approximate surface area is 104 Å². The van der Waals surface area contributed by atoms with Crippen molar-refractivity contribution in [1.29, 1.82) is 0 Å². The number of halogens is 1. The molecule has 2 rings (SSSR count). The van der Waals surface area contributed by atoms with E-state index in [4.69, 9.17) is 22.1 Å². The minimum Gasteiger partial charge on any atom is -0.495 e. The van der Waals surface area contributed by atoms with Crippen LogP contribution in [0.2, 0.25) is 5.02 Å². The van der Waals surface area contributed by atoms with Gasteiger partial charge in [-0.1, -0.05) is 11.6 Å². The summed E-state index contributed by atoms with van der Waals surface area (Å²) in [6, 6.07) is 9.03. The van der Waals surface area contributed by atoms with Crippen LogP contribution >= 0.6 is 11.6 Å². The number of benzene rings is 1. The quantitative estimate of drug-likeness (QED) is 0.878. The van der Waals surface area contributed by atoms with E-state index in [1.165, 1.54) is 0 Å². The van der Waals surface area contributed by atoms with Gasteiger partial charge in [0.2, 0.25) is 0 Å². The van der Waals surface area contributed by atoms with Crippen molar-refractivity contribution in [3.8, 4) is 5.75 Å². The third-order valence-corrected chi connectivity index (χ3v) is 2.53. The Hall–Kier alpha value is -1.94. The van der Waals surface area contributed by atoms with E-state index in [2.05, 4.69) is 10.3 Å². The van der Waals surface area contributed by atoms with Gasteiger partial charge < -0.3 is 15.8 Å².